The lowest BCUT2D eigenvalue weighted by atomic mass is 10.1. The molecular weight excluding hydrogens is 286 g/mol. The molecule has 3 heteroatoms. The molecule has 0 aliphatic carbocycles. The molecule has 106 valence electrons. The zero-order valence-corrected chi connectivity index (χ0v) is 13.5. The van der Waals surface area contributed by atoms with Crippen molar-refractivity contribution in [1.29, 1.82) is 0 Å². The minimum absolute atomic E-state index is 0.449. The molecular formula is C17H20ClNS. The zero-order chi connectivity index (χ0) is 14.4. The van der Waals surface area contributed by atoms with E-state index in [0.29, 0.717) is 6.04 Å². The summed E-state index contributed by atoms with van der Waals surface area (Å²) in [6.45, 7) is 5.35. The van der Waals surface area contributed by atoms with E-state index < -0.39 is 0 Å². The molecule has 2 aromatic rings. The van der Waals surface area contributed by atoms with Crippen molar-refractivity contribution in [2.45, 2.75) is 36.1 Å². The van der Waals surface area contributed by atoms with Gasteiger partial charge in [-0.25, -0.2) is 0 Å². The van der Waals surface area contributed by atoms with E-state index in [2.05, 4.69) is 49.5 Å². The molecule has 0 heterocycles. The van der Waals surface area contributed by atoms with E-state index in [1.54, 1.807) is 11.8 Å². The third-order valence-corrected chi connectivity index (χ3v) is 4.41. The van der Waals surface area contributed by atoms with Crippen LogP contribution >= 0.6 is 23.4 Å². The summed E-state index contributed by atoms with van der Waals surface area (Å²) in [6, 6.07) is 17.2. The van der Waals surface area contributed by atoms with Gasteiger partial charge in [-0.1, -0.05) is 55.4 Å². The van der Waals surface area contributed by atoms with Crippen LogP contribution in [0.25, 0.3) is 0 Å². The first-order valence-corrected chi connectivity index (χ1v) is 8.19. The van der Waals surface area contributed by atoms with Crippen LogP contribution in [0.15, 0.2) is 58.3 Å². The Morgan fingerprint density at radius 2 is 1.80 bits per heavy atom. The fraction of sp³-hybridized carbons (Fsp3) is 0.294. The van der Waals surface area contributed by atoms with Gasteiger partial charge in [-0.2, -0.15) is 0 Å². The highest BCUT2D eigenvalue weighted by molar-refractivity contribution is 7.99. The van der Waals surface area contributed by atoms with Crippen LogP contribution in [-0.2, 0) is 0 Å². The molecule has 0 radical (unpaired) electrons. The van der Waals surface area contributed by atoms with Gasteiger partial charge in [0.25, 0.3) is 0 Å². The van der Waals surface area contributed by atoms with E-state index in [0.717, 1.165) is 18.0 Å². The molecule has 0 aliphatic rings. The molecule has 0 saturated heterocycles. The van der Waals surface area contributed by atoms with Gasteiger partial charge in [0.1, 0.15) is 0 Å². The summed E-state index contributed by atoms with van der Waals surface area (Å²) < 4.78 is 0. The van der Waals surface area contributed by atoms with Crippen LogP contribution in [0.2, 0.25) is 5.02 Å². The molecule has 0 fully saturated rings. The number of hydrogen-bond donors (Lipinski definition) is 1. The molecule has 0 amide bonds. The van der Waals surface area contributed by atoms with Gasteiger partial charge in [0.2, 0.25) is 0 Å². The fourth-order valence-electron chi connectivity index (χ4n) is 2.18. The molecule has 2 aromatic carbocycles. The van der Waals surface area contributed by atoms with E-state index in [1.807, 2.05) is 18.2 Å². The molecule has 1 unspecified atom stereocenters. The summed E-state index contributed by atoms with van der Waals surface area (Å²) in [4.78, 5) is 2.41. The number of hydrogen-bond acceptors (Lipinski definition) is 2. The molecule has 20 heavy (non-hydrogen) atoms. The van der Waals surface area contributed by atoms with Gasteiger partial charge in [0, 0.05) is 20.9 Å². The average molecular weight is 306 g/mol. The van der Waals surface area contributed by atoms with Crippen LogP contribution in [-0.4, -0.2) is 6.54 Å². The Balaban J connectivity index is 2.08. The maximum atomic E-state index is 6.01. The predicted molar refractivity (Wildman–Crippen MR) is 88.7 cm³/mol. The topological polar surface area (TPSA) is 12.0 Å². The van der Waals surface area contributed by atoms with Crippen molar-refractivity contribution in [3.8, 4) is 0 Å². The summed E-state index contributed by atoms with van der Waals surface area (Å²) in [5, 5.41) is 4.28. The molecule has 1 nitrogen and oxygen atoms in total. The number of nitrogens with one attached hydrogen (secondary N) is 1. The fourth-order valence-corrected chi connectivity index (χ4v) is 3.31. The predicted octanol–water partition coefficient (Wildman–Crippen LogP) is 5.55. The Kier molecular flexibility index (Phi) is 5.96. The molecule has 0 saturated carbocycles. The molecule has 2 rings (SSSR count). The number of halogens is 1. The van der Waals surface area contributed by atoms with Crippen molar-refractivity contribution in [2.24, 2.45) is 0 Å². The highest BCUT2D eigenvalue weighted by Crippen LogP contribution is 2.30. The van der Waals surface area contributed by atoms with E-state index in [4.69, 9.17) is 11.6 Å². The van der Waals surface area contributed by atoms with Crippen LogP contribution in [0.5, 0.6) is 0 Å². The van der Waals surface area contributed by atoms with Crippen molar-refractivity contribution in [3.63, 3.8) is 0 Å². The Morgan fingerprint density at radius 1 is 1.05 bits per heavy atom. The maximum Gasteiger partial charge on any atom is 0.0417 e. The molecule has 1 N–H and O–H groups in total. The lowest BCUT2D eigenvalue weighted by Gasteiger charge is -2.16. The Bertz CT molecular complexity index is 539. The van der Waals surface area contributed by atoms with Crippen LogP contribution in [0.1, 0.15) is 31.9 Å². The highest BCUT2D eigenvalue weighted by Gasteiger charge is 2.07. The lowest BCUT2D eigenvalue weighted by Crippen LogP contribution is -2.19. The third-order valence-electron chi connectivity index (χ3n) is 3.17. The quantitative estimate of drug-likeness (QED) is 0.750. The van der Waals surface area contributed by atoms with E-state index in [1.165, 1.54) is 15.4 Å². The first-order chi connectivity index (χ1) is 9.72. The standard InChI is InChI=1S/C17H20ClNS/c1-3-17(19-4-2)13-8-10-15(11-9-13)20-16-7-5-6-14(18)12-16/h5-12,17,19H,3-4H2,1-2H3. The highest BCUT2D eigenvalue weighted by atomic mass is 35.5. The van der Waals surface area contributed by atoms with Crippen LogP contribution in [0.3, 0.4) is 0 Å². The first-order valence-electron chi connectivity index (χ1n) is 6.99. The monoisotopic (exact) mass is 305 g/mol. The van der Waals surface area contributed by atoms with Gasteiger partial charge in [0.05, 0.1) is 0 Å². The van der Waals surface area contributed by atoms with Gasteiger partial charge in [-0.05, 0) is 48.9 Å². The second kappa shape index (κ2) is 7.72. The molecule has 0 aromatic heterocycles. The summed E-state index contributed by atoms with van der Waals surface area (Å²) >= 11 is 7.75. The van der Waals surface area contributed by atoms with E-state index in [9.17, 15) is 0 Å². The molecule has 0 aliphatic heterocycles. The van der Waals surface area contributed by atoms with Gasteiger partial charge in [0.15, 0.2) is 0 Å². The van der Waals surface area contributed by atoms with Crippen LogP contribution < -0.4 is 5.32 Å². The summed E-state index contributed by atoms with van der Waals surface area (Å²) in [5.74, 6) is 0. The van der Waals surface area contributed by atoms with Crippen molar-refractivity contribution in [1.82, 2.24) is 5.32 Å². The maximum absolute atomic E-state index is 6.01. The Morgan fingerprint density at radius 3 is 2.40 bits per heavy atom. The number of benzene rings is 2. The number of rotatable bonds is 6. The van der Waals surface area contributed by atoms with Crippen LogP contribution in [0, 0.1) is 0 Å². The second-order valence-electron chi connectivity index (χ2n) is 4.65. The SMILES string of the molecule is CCNC(CC)c1ccc(Sc2cccc(Cl)c2)cc1. The molecule has 0 bridgehead atoms. The summed E-state index contributed by atoms with van der Waals surface area (Å²) in [6.07, 6.45) is 1.11. The zero-order valence-electron chi connectivity index (χ0n) is 11.9. The second-order valence-corrected chi connectivity index (χ2v) is 6.23. The van der Waals surface area contributed by atoms with Crippen molar-refractivity contribution < 1.29 is 0 Å². The van der Waals surface area contributed by atoms with Crippen molar-refractivity contribution in [2.75, 3.05) is 6.54 Å². The lowest BCUT2D eigenvalue weighted by molar-refractivity contribution is 0.537. The van der Waals surface area contributed by atoms with Gasteiger partial charge < -0.3 is 5.32 Å². The van der Waals surface area contributed by atoms with E-state index >= 15 is 0 Å². The van der Waals surface area contributed by atoms with Gasteiger partial charge >= 0.3 is 0 Å². The third kappa shape index (κ3) is 4.27. The van der Waals surface area contributed by atoms with Crippen molar-refractivity contribution >= 4 is 23.4 Å². The smallest absolute Gasteiger partial charge is 0.0417 e. The first kappa shape index (κ1) is 15.4. The minimum Gasteiger partial charge on any atom is -0.310 e. The minimum atomic E-state index is 0.449. The van der Waals surface area contributed by atoms with Gasteiger partial charge in [-0.3, -0.25) is 0 Å². The largest absolute Gasteiger partial charge is 0.310 e. The molecule has 0 spiro atoms. The van der Waals surface area contributed by atoms with E-state index in [-0.39, 0.29) is 0 Å². The Labute approximate surface area is 130 Å². The molecule has 1 atom stereocenters. The Hall–Kier alpha value is -0.960. The summed E-state index contributed by atoms with van der Waals surface area (Å²) in [5.41, 5.74) is 1.35. The summed E-state index contributed by atoms with van der Waals surface area (Å²) in [7, 11) is 0. The van der Waals surface area contributed by atoms with Crippen molar-refractivity contribution in [3.05, 3.63) is 59.1 Å². The van der Waals surface area contributed by atoms with Gasteiger partial charge in [-0.15, -0.1) is 0 Å². The van der Waals surface area contributed by atoms with Crippen LogP contribution in [0.4, 0.5) is 0 Å². The normalized spacial score (nSPS) is 12.3. The average Bonchev–Trinajstić information content (AvgIpc) is 2.46.